The number of aromatic nitrogens is 2. The van der Waals surface area contributed by atoms with Gasteiger partial charge in [-0.2, -0.15) is 5.10 Å². The van der Waals surface area contributed by atoms with Gasteiger partial charge in [-0.25, -0.2) is 0 Å². The van der Waals surface area contributed by atoms with E-state index in [0.29, 0.717) is 0 Å². The van der Waals surface area contributed by atoms with E-state index in [0.717, 1.165) is 62.9 Å². The molecule has 0 bridgehead atoms. The highest BCUT2D eigenvalue weighted by Gasteiger charge is 2.16. The van der Waals surface area contributed by atoms with Crippen LogP contribution in [0.2, 0.25) is 0 Å². The monoisotopic (exact) mass is 376 g/mol. The third-order valence-corrected chi connectivity index (χ3v) is 5.33. The molecule has 1 fully saturated rings. The van der Waals surface area contributed by atoms with Crippen LogP contribution >= 0.6 is 0 Å². The first-order chi connectivity index (χ1) is 13.8. The molecule has 28 heavy (non-hydrogen) atoms. The molecule has 5 heteroatoms. The second kappa shape index (κ2) is 9.04. The predicted molar refractivity (Wildman–Crippen MR) is 112 cm³/mol. The van der Waals surface area contributed by atoms with Crippen molar-refractivity contribution < 1.29 is 4.74 Å². The van der Waals surface area contributed by atoms with Crippen molar-refractivity contribution in [2.45, 2.75) is 13.5 Å². The maximum absolute atomic E-state index is 5.93. The zero-order valence-corrected chi connectivity index (χ0v) is 16.5. The Morgan fingerprint density at radius 3 is 2.29 bits per heavy atom. The summed E-state index contributed by atoms with van der Waals surface area (Å²) in [6.45, 7) is 9.33. The van der Waals surface area contributed by atoms with Crippen LogP contribution in [0.3, 0.4) is 0 Å². The molecular formula is C23H28N4O. The van der Waals surface area contributed by atoms with E-state index in [2.05, 4.69) is 63.3 Å². The van der Waals surface area contributed by atoms with Gasteiger partial charge in [0.1, 0.15) is 12.4 Å². The average Bonchev–Trinajstić information content (AvgIpc) is 3.26. The van der Waals surface area contributed by atoms with Gasteiger partial charge in [-0.05, 0) is 48.4 Å². The minimum absolute atomic E-state index is 0.724. The Morgan fingerprint density at radius 1 is 0.893 bits per heavy atom. The fourth-order valence-corrected chi connectivity index (χ4v) is 3.56. The van der Waals surface area contributed by atoms with Gasteiger partial charge in [-0.3, -0.25) is 14.9 Å². The summed E-state index contributed by atoms with van der Waals surface area (Å²) in [5, 5.41) is 6.97. The summed E-state index contributed by atoms with van der Waals surface area (Å²) >= 11 is 0. The maximum Gasteiger partial charge on any atom is 0.119 e. The van der Waals surface area contributed by atoms with Gasteiger partial charge in [0.05, 0.1) is 5.69 Å². The van der Waals surface area contributed by atoms with E-state index in [1.807, 2.05) is 18.2 Å². The molecule has 0 spiro atoms. The molecule has 3 aromatic rings. The largest absolute Gasteiger partial charge is 0.492 e. The summed E-state index contributed by atoms with van der Waals surface area (Å²) in [6.07, 6.45) is 1.76. The van der Waals surface area contributed by atoms with Crippen LogP contribution < -0.4 is 4.74 Å². The molecule has 146 valence electrons. The molecular weight excluding hydrogens is 348 g/mol. The molecule has 4 rings (SSSR count). The Hall–Kier alpha value is -2.63. The highest BCUT2D eigenvalue weighted by atomic mass is 16.5. The maximum atomic E-state index is 5.93. The zero-order valence-electron chi connectivity index (χ0n) is 16.5. The number of aromatic amines is 1. The van der Waals surface area contributed by atoms with E-state index >= 15 is 0 Å². The van der Waals surface area contributed by atoms with Crippen molar-refractivity contribution in [3.05, 3.63) is 71.9 Å². The van der Waals surface area contributed by atoms with Crippen LogP contribution in [-0.2, 0) is 6.54 Å². The van der Waals surface area contributed by atoms with E-state index in [-0.39, 0.29) is 0 Å². The van der Waals surface area contributed by atoms with Crippen molar-refractivity contribution in [2.75, 3.05) is 39.3 Å². The number of nitrogens with one attached hydrogen (secondary N) is 1. The first kappa shape index (κ1) is 18.7. The molecule has 1 aliphatic heterocycles. The predicted octanol–water partition coefficient (Wildman–Crippen LogP) is 3.58. The SMILES string of the molecule is Cc1ccc(CN2CCN(CCOc3ccc(-c4ccn[nH]4)cc3)CC2)cc1. The number of rotatable bonds is 7. The Bertz CT molecular complexity index is 835. The minimum Gasteiger partial charge on any atom is -0.492 e. The topological polar surface area (TPSA) is 44.4 Å². The molecule has 0 atom stereocenters. The van der Waals surface area contributed by atoms with Crippen LogP contribution in [0.25, 0.3) is 11.3 Å². The molecule has 0 aliphatic carbocycles. The Morgan fingerprint density at radius 2 is 1.61 bits per heavy atom. The number of ether oxygens (including phenoxy) is 1. The van der Waals surface area contributed by atoms with Crippen molar-refractivity contribution in [2.24, 2.45) is 0 Å². The molecule has 5 nitrogen and oxygen atoms in total. The van der Waals surface area contributed by atoms with Crippen molar-refractivity contribution in [1.82, 2.24) is 20.0 Å². The highest BCUT2D eigenvalue weighted by molar-refractivity contribution is 5.59. The molecule has 0 amide bonds. The molecule has 1 aromatic heterocycles. The number of aryl methyl sites for hydroxylation is 1. The van der Waals surface area contributed by atoms with Gasteiger partial charge >= 0.3 is 0 Å². The molecule has 2 aromatic carbocycles. The first-order valence-corrected chi connectivity index (χ1v) is 9.99. The fourth-order valence-electron chi connectivity index (χ4n) is 3.56. The second-order valence-electron chi connectivity index (χ2n) is 7.45. The molecule has 0 saturated carbocycles. The summed E-state index contributed by atoms with van der Waals surface area (Å²) < 4.78 is 5.93. The first-order valence-electron chi connectivity index (χ1n) is 9.99. The quantitative estimate of drug-likeness (QED) is 0.685. The zero-order chi connectivity index (χ0) is 19.2. The Balaban J connectivity index is 1.17. The van der Waals surface area contributed by atoms with E-state index in [9.17, 15) is 0 Å². The van der Waals surface area contributed by atoms with Gasteiger partial charge in [0.2, 0.25) is 0 Å². The van der Waals surface area contributed by atoms with Crippen LogP contribution in [0.1, 0.15) is 11.1 Å². The number of H-pyrrole nitrogens is 1. The van der Waals surface area contributed by atoms with Gasteiger partial charge in [-0.1, -0.05) is 29.8 Å². The van der Waals surface area contributed by atoms with Crippen molar-refractivity contribution in [1.29, 1.82) is 0 Å². The smallest absolute Gasteiger partial charge is 0.119 e. The van der Waals surface area contributed by atoms with Crippen LogP contribution in [0, 0.1) is 6.92 Å². The standard InChI is InChI=1S/C23H28N4O/c1-19-2-4-20(5-3-19)18-27-14-12-26(13-15-27)16-17-28-22-8-6-21(7-9-22)23-10-11-24-25-23/h2-11H,12-18H2,1H3,(H,24,25). The lowest BCUT2D eigenvalue weighted by Gasteiger charge is -2.34. The van der Waals surface area contributed by atoms with Gasteiger partial charge in [0.25, 0.3) is 0 Å². The van der Waals surface area contributed by atoms with Gasteiger partial charge in [-0.15, -0.1) is 0 Å². The van der Waals surface area contributed by atoms with Crippen molar-refractivity contribution in [3.8, 4) is 17.0 Å². The number of benzene rings is 2. The molecule has 1 saturated heterocycles. The van der Waals surface area contributed by atoms with Gasteiger partial charge in [0.15, 0.2) is 0 Å². The molecule has 0 radical (unpaired) electrons. The lowest BCUT2D eigenvalue weighted by molar-refractivity contribution is 0.112. The Kier molecular flexibility index (Phi) is 6.04. The third kappa shape index (κ3) is 5.00. The van der Waals surface area contributed by atoms with E-state index in [1.54, 1.807) is 6.20 Å². The van der Waals surface area contributed by atoms with Crippen LogP contribution in [0.4, 0.5) is 0 Å². The number of piperazine rings is 1. The fraction of sp³-hybridized carbons (Fsp3) is 0.348. The lowest BCUT2D eigenvalue weighted by atomic mass is 10.1. The minimum atomic E-state index is 0.724. The summed E-state index contributed by atoms with van der Waals surface area (Å²) in [5.41, 5.74) is 4.87. The summed E-state index contributed by atoms with van der Waals surface area (Å²) in [5.74, 6) is 0.918. The molecule has 1 N–H and O–H groups in total. The average molecular weight is 377 g/mol. The number of hydrogen-bond acceptors (Lipinski definition) is 4. The van der Waals surface area contributed by atoms with Gasteiger partial charge in [0, 0.05) is 45.5 Å². The van der Waals surface area contributed by atoms with Crippen LogP contribution in [-0.4, -0.2) is 59.3 Å². The van der Waals surface area contributed by atoms with Crippen LogP contribution in [0.15, 0.2) is 60.8 Å². The van der Waals surface area contributed by atoms with E-state index < -0.39 is 0 Å². The summed E-state index contributed by atoms with van der Waals surface area (Å²) in [7, 11) is 0. The number of nitrogens with zero attached hydrogens (tertiary/aromatic N) is 3. The normalized spacial score (nSPS) is 15.6. The third-order valence-electron chi connectivity index (χ3n) is 5.33. The van der Waals surface area contributed by atoms with Crippen molar-refractivity contribution >= 4 is 0 Å². The van der Waals surface area contributed by atoms with Crippen LogP contribution in [0.5, 0.6) is 5.75 Å². The summed E-state index contributed by atoms with van der Waals surface area (Å²) in [4.78, 5) is 5.03. The van der Waals surface area contributed by atoms with Gasteiger partial charge < -0.3 is 4.74 Å². The lowest BCUT2D eigenvalue weighted by Crippen LogP contribution is -2.47. The highest BCUT2D eigenvalue weighted by Crippen LogP contribution is 2.20. The van der Waals surface area contributed by atoms with E-state index in [1.165, 1.54) is 11.1 Å². The Labute approximate surface area is 166 Å². The summed E-state index contributed by atoms with van der Waals surface area (Å²) in [6, 6.07) is 19.0. The molecule has 0 unspecified atom stereocenters. The van der Waals surface area contributed by atoms with Crippen molar-refractivity contribution in [3.63, 3.8) is 0 Å². The van der Waals surface area contributed by atoms with E-state index in [4.69, 9.17) is 4.74 Å². The number of hydrogen-bond donors (Lipinski definition) is 1. The second-order valence-corrected chi connectivity index (χ2v) is 7.45. The molecule has 2 heterocycles. The molecule has 1 aliphatic rings.